The number of hydrogen-bond acceptors (Lipinski definition) is 6. The summed E-state index contributed by atoms with van der Waals surface area (Å²) >= 11 is 0. The number of primary amides is 1. The predicted molar refractivity (Wildman–Crippen MR) is 83.1 cm³/mol. The van der Waals surface area contributed by atoms with E-state index in [0.717, 1.165) is 32.8 Å². The molecule has 0 saturated carbocycles. The van der Waals surface area contributed by atoms with Gasteiger partial charge in [-0.1, -0.05) is 12.1 Å². The van der Waals surface area contributed by atoms with Gasteiger partial charge in [-0.2, -0.15) is 15.4 Å². The minimum absolute atomic E-state index is 0.106. The van der Waals surface area contributed by atoms with Crippen molar-refractivity contribution in [3.63, 3.8) is 0 Å². The van der Waals surface area contributed by atoms with Crippen molar-refractivity contribution < 1.29 is 14.3 Å². The van der Waals surface area contributed by atoms with Crippen molar-refractivity contribution in [1.82, 2.24) is 20.3 Å². The Kier molecular flexibility index (Phi) is 4.84. The zero-order chi connectivity index (χ0) is 16.1. The molecule has 0 atom stereocenters. The number of amides is 1. The highest BCUT2D eigenvalue weighted by Gasteiger charge is 2.18. The van der Waals surface area contributed by atoms with Gasteiger partial charge in [-0.05, 0) is 12.1 Å². The molecule has 8 nitrogen and oxygen atoms in total. The molecule has 2 heterocycles. The summed E-state index contributed by atoms with van der Waals surface area (Å²) in [5, 5.41) is 10.3. The standard InChI is InChI=1S/C15H19N5O3/c16-15(21)14-13(17-19-18-14)11-3-1-2-4-12(11)23-10-7-20-5-8-22-9-6-20/h1-4H,5-10H2,(H2,16,21)(H,17,18,19). The van der Waals surface area contributed by atoms with Gasteiger partial charge in [0.15, 0.2) is 5.69 Å². The number of nitrogens with one attached hydrogen (secondary N) is 1. The molecule has 8 heteroatoms. The molecule has 0 unspecified atom stereocenters. The number of hydrogen-bond donors (Lipinski definition) is 2. The number of morpholine rings is 1. The average Bonchev–Trinajstić information content (AvgIpc) is 3.06. The van der Waals surface area contributed by atoms with E-state index in [1.54, 1.807) is 0 Å². The van der Waals surface area contributed by atoms with Crippen molar-refractivity contribution in [3.05, 3.63) is 30.0 Å². The molecule has 3 N–H and O–H groups in total. The van der Waals surface area contributed by atoms with E-state index in [2.05, 4.69) is 20.3 Å². The zero-order valence-corrected chi connectivity index (χ0v) is 12.7. The molecule has 0 bridgehead atoms. The maximum Gasteiger partial charge on any atom is 0.271 e. The van der Waals surface area contributed by atoms with Crippen LogP contribution in [-0.2, 0) is 4.74 Å². The van der Waals surface area contributed by atoms with Crippen LogP contribution in [-0.4, -0.2) is 65.7 Å². The van der Waals surface area contributed by atoms with Crippen molar-refractivity contribution >= 4 is 5.91 Å². The van der Waals surface area contributed by atoms with E-state index in [1.807, 2.05) is 24.3 Å². The molecule has 1 aliphatic heterocycles. The fraction of sp³-hybridized carbons (Fsp3) is 0.400. The number of carbonyl (C=O) groups is 1. The van der Waals surface area contributed by atoms with Gasteiger partial charge in [-0.25, -0.2) is 0 Å². The lowest BCUT2D eigenvalue weighted by atomic mass is 10.1. The van der Waals surface area contributed by atoms with Gasteiger partial charge < -0.3 is 15.2 Å². The van der Waals surface area contributed by atoms with Crippen molar-refractivity contribution in [2.24, 2.45) is 5.73 Å². The number of ether oxygens (including phenoxy) is 2. The van der Waals surface area contributed by atoms with Crippen molar-refractivity contribution in [3.8, 4) is 17.0 Å². The number of para-hydroxylation sites is 1. The highest BCUT2D eigenvalue weighted by Crippen LogP contribution is 2.29. The van der Waals surface area contributed by atoms with E-state index in [-0.39, 0.29) is 5.69 Å². The monoisotopic (exact) mass is 317 g/mol. The van der Waals surface area contributed by atoms with Gasteiger partial charge in [-0.3, -0.25) is 9.69 Å². The molecular weight excluding hydrogens is 298 g/mol. The first-order valence-corrected chi connectivity index (χ1v) is 7.48. The van der Waals surface area contributed by atoms with Crippen LogP contribution in [0.1, 0.15) is 10.5 Å². The third kappa shape index (κ3) is 3.66. The van der Waals surface area contributed by atoms with Gasteiger partial charge in [0.05, 0.1) is 13.2 Å². The number of aromatic nitrogens is 3. The second kappa shape index (κ2) is 7.21. The molecule has 3 rings (SSSR count). The Hall–Kier alpha value is -2.45. The Morgan fingerprint density at radius 3 is 2.87 bits per heavy atom. The minimum Gasteiger partial charge on any atom is -0.492 e. The first-order valence-electron chi connectivity index (χ1n) is 7.48. The normalized spacial score (nSPS) is 15.5. The number of benzene rings is 1. The number of nitrogens with zero attached hydrogens (tertiary/aromatic N) is 3. The SMILES string of the molecule is NC(=O)c1n[nH]nc1-c1ccccc1OCCN1CCOCC1. The largest absolute Gasteiger partial charge is 0.492 e. The van der Waals surface area contributed by atoms with Gasteiger partial charge in [0.25, 0.3) is 5.91 Å². The first-order chi connectivity index (χ1) is 11.3. The molecule has 122 valence electrons. The van der Waals surface area contributed by atoms with Crippen molar-refractivity contribution in [2.75, 3.05) is 39.5 Å². The molecule has 0 spiro atoms. The lowest BCUT2D eigenvalue weighted by Crippen LogP contribution is -2.38. The summed E-state index contributed by atoms with van der Waals surface area (Å²) in [7, 11) is 0. The Bertz CT molecular complexity index is 667. The number of aromatic amines is 1. The maximum atomic E-state index is 11.4. The lowest BCUT2D eigenvalue weighted by molar-refractivity contribution is 0.0323. The summed E-state index contributed by atoms with van der Waals surface area (Å²) in [6, 6.07) is 7.39. The van der Waals surface area contributed by atoms with Crippen LogP contribution in [0.3, 0.4) is 0 Å². The van der Waals surface area contributed by atoms with Crippen LogP contribution in [0.25, 0.3) is 11.3 Å². The van der Waals surface area contributed by atoms with Crippen LogP contribution in [0, 0.1) is 0 Å². The van der Waals surface area contributed by atoms with E-state index in [9.17, 15) is 4.79 Å². The van der Waals surface area contributed by atoms with E-state index >= 15 is 0 Å². The molecule has 1 amide bonds. The molecule has 1 aromatic carbocycles. The molecule has 1 fully saturated rings. The highest BCUT2D eigenvalue weighted by atomic mass is 16.5. The Balaban J connectivity index is 1.70. The summed E-state index contributed by atoms with van der Waals surface area (Å²) < 4.78 is 11.2. The highest BCUT2D eigenvalue weighted by molar-refractivity contribution is 5.97. The van der Waals surface area contributed by atoms with Crippen LogP contribution in [0.5, 0.6) is 5.75 Å². The summed E-state index contributed by atoms with van der Waals surface area (Å²) in [4.78, 5) is 13.7. The van der Waals surface area contributed by atoms with Gasteiger partial charge in [-0.15, -0.1) is 0 Å². The minimum atomic E-state index is -0.628. The van der Waals surface area contributed by atoms with Gasteiger partial charge in [0.2, 0.25) is 0 Å². The molecule has 0 aliphatic carbocycles. The van der Waals surface area contributed by atoms with Gasteiger partial charge in [0.1, 0.15) is 18.1 Å². The average molecular weight is 317 g/mol. The number of nitrogens with two attached hydrogens (primary N) is 1. The van der Waals surface area contributed by atoms with Crippen LogP contribution >= 0.6 is 0 Å². The van der Waals surface area contributed by atoms with Crippen LogP contribution in [0.4, 0.5) is 0 Å². The molecule has 0 radical (unpaired) electrons. The molecule has 2 aromatic rings. The lowest BCUT2D eigenvalue weighted by Gasteiger charge is -2.26. The third-order valence-electron chi connectivity index (χ3n) is 3.69. The van der Waals surface area contributed by atoms with E-state index in [4.69, 9.17) is 15.2 Å². The number of rotatable bonds is 6. The quantitative estimate of drug-likeness (QED) is 0.792. The Morgan fingerprint density at radius 2 is 2.09 bits per heavy atom. The summed E-state index contributed by atoms with van der Waals surface area (Å²) in [5.41, 5.74) is 6.52. The summed E-state index contributed by atoms with van der Waals surface area (Å²) in [6.45, 7) is 4.72. The van der Waals surface area contributed by atoms with E-state index < -0.39 is 5.91 Å². The van der Waals surface area contributed by atoms with Gasteiger partial charge >= 0.3 is 0 Å². The predicted octanol–water partition coefficient (Wildman–Crippen LogP) is 0.282. The topological polar surface area (TPSA) is 106 Å². The second-order valence-electron chi connectivity index (χ2n) is 5.18. The number of carbonyl (C=O) groups excluding carboxylic acids is 1. The van der Waals surface area contributed by atoms with Crippen LogP contribution in [0.15, 0.2) is 24.3 Å². The van der Waals surface area contributed by atoms with Gasteiger partial charge in [0, 0.05) is 25.2 Å². The Morgan fingerprint density at radius 1 is 1.30 bits per heavy atom. The summed E-state index contributed by atoms with van der Waals surface area (Å²) in [6.07, 6.45) is 0. The second-order valence-corrected chi connectivity index (χ2v) is 5.18. The fourth-order valence-electron chi connectivity index (χ4n) is 2.49. The smallest absolute Gasteiger partial charge is 0.271 e. The molecule has 1 aliphatic rings. The van der Waals surface area contributed by atoms with Crippen molar-refractivity contribution in [2.45, 2.75) is 0 Å². The maximum absolute atomic E-state index is 11.4. The van der Waals surface area contributed by atoms with Crippen LogP contribution in [0.2, 0.25) is 0 Å². The Labute approximate surface area is 133 Å². The van der Waals surface area contributed by atoms with Crippen molar-refractivity contribution in [1.29, 1.82) is 0 Å². The zero-order valence-electron chi connectivity index (χ0n) is 12.7. The fourth-order valence-corrected chi connectivity index (χ4v) is 2.49. The number of H-pyrrole nitrogens is 1. The molecule has 23 heavy (non-hydrogen) atoms. The molecule has 1 aromatic heterocycles. The van der Waals surface area contributed by atoms with E-state index in [0.29, 0.717) is 23.6 Å². The third-order valence-corrected chi connectivity index (χ3v) is 3.69. The first kappa shape index (κ1) is 15.4. The van der Waals surface area contributed by atoms with E-state index in [1.165, 1.54) is 0 Å². The molecular formula is C15H19N5O3. The summed E-state index contributed by atoms with van der Waals surface area (Å²) in [5.74, 6) is 0.0222. The molecule has 1 saturated heterocycles. The van der Waals surface area contributed by atoms with Crippen LogP contribution < -0.4 is 10.5 Å².